The topological polar surface area (TPSA) is 102 Å². The van der Waals surface area contributed by atoms with Crippen molar-refractivity contribution in [3.05, 3.63) is 77.9 Å². The predicted molar refractivity (Wildman–Crippen MR) is 131 cm³/mol. The van der Waals surface area contributed by atoms with Crippen molar-refractivity contribution in [3.63, 3.8) is 0 Å². The number of aryl methyl sites for hydroxylation is 1. The second kappa shape index (κ2) is 11.5. The first kappa shape index (κ1) is 25.7. The van der Waals surface area contributed by atoms with Crippen molar-refractivity contribution in [2.75, 3.05) is 13.2 Å². The van der Waals surface area contributed by atoms with Gasteiger partial charge in [-0.25, -0.2) is 8.42 Å². The Morgan fingerprint density at radius 2 is 1.82 bits per heavy atom. The lowest BCUT2D eigenvalue weighted by atomic mass is 9.98. The van der Waals surface area contributed by atoms with E-state index >= 15 is 0 Å². The van der Waals surface area contributed by atoms with Crippen LogP contribution in [0.4, 0.5) is 0 Å². The van der Waals surface area contributed by atoms with E-state index in [4.69, 9.17) is 9.47 Å². The summed E-state index contributed by atoms with van der Waals surface area (Å²) >= 11 is 0. The highest BCUT2D eigenvalue weighted by Gasteiger charge is 2.28. The first-order valence-electron chi connectivity index (χ1n) is 11.2. The standard InChI is InChI=1S/C26H31NO6S/c1-18(2)25(26(28)29)27-34(30,31)23-14-10-21(11-15-23)20-8-12-22(13-9-20)32-16-17-33-24-7-5-4-6-19(24)3/h4-12,14-15,18,22,25,27H,13,16-17H2,1-3H3,(H,28,29)/t22?,25-/m1/s1. The lowest BCUT2D eigenvalue weighted by molar-refractivity contribution is -0.140. The number of hydrogen-bond acceptors (Lipinski definition) is 5. The Labute approximate surface area is 201 Å². The average molecular weight is 486 g/mol. The van der Waals surface area contributed by atoms with E-state index in [0.29, 0.717) is 19.6 Å². The molecule has 3 rings (SSSR count). The van der Waals surface area contributed by atoms with Gasteiger partial charge in [0.1, 0.15) is 18.4 Å². The van der Waals surface area contributed by atoms with Gasteiger partial charge in [-0.1, -0.05) is 62.4 Å². The molecule has 2 aromatic carbocycles. The fraction of sp³-hybridized carbons (Fsp3) is 0.346. The van der Waals surface area contributed by atoms with Crippen molar-refractivity contribution in [2.45, 2.75) is 44.2 Å². The highest BCUT2D eigenvalue weighted by atomic mass is 32.2. The quantitative estimate of drug-likeness (QED) is 0.463. The summed E-state index contributed by atoms with van der Waals surface area (Å²) in [7, 11) is -3.94. The normalized spacial score (nSPS) is 16.8. The third-order valence-corrected chi connectivity index (χ3v) is 7.00. The van der Waals surface area contributed by atoms with Crippen LogP contribution >= 0.6 is 0 Å². The van der Waals surface area contributed by atoms with E-state index in [9.17, 15) is 18.3 Å². The van der Waals surface area contributed by atoms with Gasteiger partial charge in [0.25, 0.3) is 0 Å². The molecule has 2 atom stereocenters. The minimum absolute atomic E-state index is 0.0263. The van der Waals surface area contributed by atoms with Crippen molar-refractivity contribution in [1.82, 2.24) is 4.72 Å². The van der Waals surface area contributed by atoms with Crippen molar-refractivity contribution in [2.24, 2.45) is 5.92 Å². The number of carbonyl (C=O) groups is 1. The van der Waals surface area contributed by atoms with Crippen LogP contribution in [0.3, 0.4) is 0 Å². The Morgan fingerprint density at radius 1 is 1.12 bits per heavy atom. The molecule has 34 heavy (non-hydrogen) atoms. The van der Waals surface area contributed by atoms with E-state index in [-0.39, 0.29) is 16.9 Å². The summed E-state index contributed by atoms with van der Waals surface area (Å²) in [5.74, 6) is -0.727. The van der Waals surface area contributed by atoms with Crippen LogP contribution < -0.4 is 9.46 Å². The summed E-state index contributed by atoms with van der Waals surface area (Å²) in [5.41, 5.74) is 2.93. The van der Waals surface area contributed by atoms with Crippen LogP contribution in [0, 0.1) is 12.8 Å². The number of carboxylic acid groups (broad SMARTS) is 1. The molecule has 0 aliphatic heterocycles. The molecule has 0 amide bonds. The van der Waals surface area contributed by atoms with Gasteiger partial charge >= 0.3 is 5.97 Å². The predicted octanol–water partition coefficient (Wildman–Crippen LogP) is 4.19. The maximum Gasteiger partial charge on any atom is 0.322 e. The molecule has 0 aromatic heterocycles. The molecule has 0 saturated heterocycles. The first-order chi connectivity index (χ1) is 16.2. The fourth-order valence-electron chi connectivity index (χ4n) is 3.54. The molecular formula is C26H31NO6S. The third-order valence-electron chi connectivity index (χ3n) is 5.54. The number of rotatable bonds is 11. The molecule has 2 aromatic rings. The van der Waals surface area contributed by atoms with Crippen molar-refractivity contribution >= 4 is 21.6 Å². The first-order valence-corrected chi connectivity index (χ1v) is 12.7. The summed E-state index contributed by atoms with van der Waals surface area (Å²) in [5, 5.41) is 9.26. The van der Waals surface area contributed by atoms with Gasteiger partial charge in [0.2, 0.25) is 10.0 Å². The van der Waals surface area contributed by atoms with Gasteiger partial charge in [-0.3, -0.25) is 4.79 Å². The number of ether oxygens (including phenoxy) is 2. The monoisotopic (exact) mass is 485 g/mol. The minimum atomic E-state index is -3.94. The zero-order valence-electron chi connectivity index (χ0n) is 19.6. The van der Waals surface area contributed by atoms with Crippen LogP contribution in [0.1, 0.15) is 31.4 Å². The van der Waals surface area contributed by atoms with Gasteiger partial charge < -0.3 is 14.6 Å². The van der Waals surface area contributed by atoms with Crippen molar-refractivity contribution in [3.8, 4) is 5.75 Å². The molecule has 0 radical (unpaired) electrons. The van der Waals surface area contributed by atoms with E-state index in [1.807, 2.05) is 49.4 Å². The molecule has 2 N–H and O–H groups in total. The Morgan fingerprint density at radius 3 is 2.41 bits per heavy atom. The molecule has 182 valence electrons. The molecule has 0 fully saturated rings. The van der Waals surface area contributed by atoms with E-state index in [1.165, 1.54) is 12.1 Å². The summed E-state index contributed by atoms with van der Waals surface area (Å²) in [4.78, 5) is 11.4. The zero-order valence-corrected chi connectivity index (χ0v) is 20.4. The van der Waals surface area contributed by atoms with E-state index < -0.39 is 22.0 Å². The molecule has 0 bridgehead atoms. The highest BCUT2D eigenvalue weighted by molar-refractivity contribution is 7.89. The molecule has 7 nitrogen and oxygen atoms in total. The second-order valence-corrected chi connectivity index (χ2v) is 10.2. The largest absolute Gasteiger partial charge is 0.491 e. The Hall–Kier alpha value is -2.94. The smallest absolute Gasteiger partial charge is 0.322 e. The molecule has 0 heterocycles. The van der Waals surface area contributed by atoms with E-state index in [0.717, 1.165) is 22.4 Å². The van der Waals surface area contributed by atoms with E-state index in [1.54, 1.807) is 26.0 Å². The SMILES string of the molecule is Cc1ccccc1OCCOC1C=CC(c2ccc(S(=O)(=O)N[C@@H](C(=O)O)C(C)C)cc2)=CC1. The molecule has 1 aliphatic rings. The van der Waals surface area contributed by atoms with Crippen LogP contribution in [0.2, 0.25) is 0 Å². The highest BCUT2D eigenvalue weighted by Crippen LogP contribution is 2.24. The lowest BCUT2D eigenvalue weighted by Crippen LogP contribution is -2.44. The second-order valence-electron chi connectivity index (χ2n) is 8.48. The summed E-state index contributed by atoms with van der Waals surface area (Å²) in [6.45, 7) is 6.25. The Kier molecular flexibility index (Phi) is 8.66. The summed E-state index contributed by atoms with van der Waals surface area (Å²) < 4.78 is 39.1. The number of sulfonamides is 1. The maximum atomic E-state index is 12.6. The van der Waals surface area contributed by atoms with Crippen molar-refractivity contribution < 1.29 is 27.8 Å². The van der Waals surface area contributed by atoms with Crippen molar-refractivity contribution in [1.29, 1.82) is 0 Å². The average Bonchev–Trinajstić information content (AvgIpc) is 2.81. The zero-order chi connectivity index (χ0) is 24.7. The third kappa shape index (κ3) is 6.79. The lowest BCUT2D eigenvalue weighted by Gasteiger charge is -2.19. The summed E-state index contributed by atoms with van der Waals surface area (Å²) in [6.07, 6.45) is 6.64. The molecule has 1 unspecified atom stereocenters. The van der Waals surface area contributed by atoms with Crippen LogP contribution in [0.5, 0.6) is 5.75 Å². The Bertz CT molecular complexity index is 1150. The number of nitrogens with one attached hydrogen (secondary N) is 1. The molecular weight excluding hydrogens is 454 g/mol. The van der Waals surface area contributed by atoms with Crippen LogP contribution in [0.25, 0.3) is 5.57 Å². The van der Waals surface area contributed by atoms with Gasteiger partial charge in [-0.05, 0) is 54.2 Å². The van der Waals surface area contributed by atoms with Gasteiger partial charge in [-0.15, -0.1) is 0 Å². The summed E-state index contributed by atoms with van der Waals surface area (Å²) in [6, 6.07) is 13.1. The van der Waals surface area contributed by atoms with Crippen LogP contribution in [-0.2, 0) is 19.6 Å². The van der Waals surface area contributed by atoms with Gasteiger partial charge in [-0.2, -0.15) is 4.72 Å². The number of hydrogen-bond donors (Lipinski definition) is 2. The fourth-order valence-corrected chi connectivity index (χ4v) is 4.88. The number of carboxylic acids is 1. The van der Waals surface area contributed by atoms with E-state index in [2.05, 4.69) is 4.72 Å². The molecule has 0 spiro atoms. The van der Waals surface area contributed by atoms with Crippen LogP contribution in [0.15, 0.2) is 71.7 Å². The number of benzene rings is 2. The van der Waals surface area contributed by atoms with Gasteiger partial charge in [0.15, 0.2) is 0 Å². The number of allylic oxidation sites excluding steroid dienone is 2. The van der Waals surface area contributed by atoms with Gasteiger partial charge in [0, 0.05) is 0 Å². The maximum absolute atomic E-state index is 12.6. The molecule has 1 aliphatic carbocycles. The van der Waals surface area contributed by atoms with Crippen LogP contribution in [-0.4, -0.2) is 44.9 Å². The number of para-hydroxylation sites is 1. The molecule has 0 saturated carbocycles. The minimum Gasteiger partial charge on any atom is -0.491 e. The van der Waals surface area contributed by atoms with Gasteiger partial charge in [0.05, 0.1) is 17.6 Å². The molecule has 8 heteroatoms. The Balaban J connectivity index is 1.52. The number of aliphatic carboxylic acids is 1.